The largest absolute Gasteiger partial charge is 0.355 e. The number of piperidine rings is 1. The number of nitrogens with one attached hydrogen (secondary N) is 2. The number of aryl methyl sites for hydroxylation is 1. The molecule has 1 atom stereocenters. The van der Waals surface area contributed by atoms with Crippen LogP contribution in [0.25, 0.3) is 0 Å². The molecule has 1 aliphatic heterocycles. The Morgan fingerprint density at radius 2 is 2.05 bits per heavy atom. The molecule has 116 valence electrons. The minimum atomic E-state index is 0.141. The minimum Gasteiger partial charge on any atom is -0.355 e. The summed E-state index contributed by atoms with van der Waals surface area (Å²) < 4.78 is 0. The van der Waals surface area contributed by atoms with Crippen LogP contribution in [0.15, 0.2) is 24.3 Å². The summed E-state index contributed by atoms with van der Waals surface area (Å²) in [6.07, 6.45) is 6.53. The Kier molecular flexibility index (Phi) is 6.74. The minimum absolute atomic E-state index is 0.141. The van der Waals surface area contributed by atoms with Gasteiger partial charge in [-0.05, 0) is 55.8 Å². The van der Waals surface area contributed by atoms with Crippen molar-refractivity contribution in [2.24, 2.45) is 5.92 Å². The van der Waals surface area contributed by atoms with Gasteiger partial charge in [-0.3, -0.25) is 4.79 Å². The van der Waals surface area contributed by atoms with Crippen molar-refractivity contribution in [3.05, 3.63) is 35.4 Å². The van der Waals surface area contributed by atoms with Crippen molar-refractivity contribution in [3.63, 3.8) is 0 Å². The molecule has 0 spiro atoms. The van der Waals surface area contributed by atoms with E-state index in [1.54, 1.807) is 0 Å². The van der Waals surface area contributed by atoms with Crippen LogP contribution in [0, 0.1) is 5.92 Å². The summed E-state index contributed by atoms with van der Waals surface area (Å²) >= 11 is 0. The second-order valence-electron chi connectivity index (χ2n) is 6.11. The maximum atomic E-state index is 12.0. The number of hydrogen-bond donors (Lipinski definition) is 2. The third-order valence-corrected chi connectivity index (χ3v) is 4.19. The van der Waals surface area contributed by atoms with Crippen LogP contribution in [0.3, 0.4) is 0 Å². The van der Waals surface area contributed by atoms with Gasteiger partial charge in [-0.2, -0.15) is 0 Å². The first-order valence-corrected chi connectivity index (χ1v) is 8.33. The van der Waals surface area contributed by atoms with Crippen molar-refractivity contribution < 1.29 is 4.79 Å². The monoisotopic (exact) mass is 288 g/mol. The van der Waals surface area contributed by atoms with Gasteiger partial charge in [0.05, 0.1) is 6.42 Å². The zero-order chi connectivity index (χ0) is 14.9. The van der Waals surface area contributed by atoms with Crippen LogP contribution in [0.2, 0.25) is 0 Å². The zero-order valence-corrected chi connectivity index (χ0v) is 13.2. The van der Waals surface area contributed by atoms with E-state index in [-0.39, 0.29) is 5.91 Å². The summed E-state index contributed by atoms with van der Waals surface area (Å²) in [7, 11) is 0. The molecular weight excluding hydrogens is 260 g/mol. The second-order valence-corrected chi connectivity index (χ2v) is 6.11. The quantitative estimate of drug-likeness (QED) is 0.810. The Morgan fingerprint density at radius 3 is 2.71 bits per heavy atom. The van der Waals surface area contributed by atoms with Crippen LogP contribution in [0.5, 0.6) is 0 Å². The van der Waals surface area contributed by atoms with Crippen LogP contribution in [0.1, 0.15) is 43.7 Å². The topological polar surface area (TPSA) is 41.1 Å². The molecule has 1 amide bonds. The highest BCUT2D eigenvalue weighted by molar-refractivity contribution is 5.78. The van der Waals surface area contributed by atoms with E-state index in [4.69, 9.17) is 0 Å². The average molecular weight is 288 g/mol. The van der Waals surface area contributed by atoms with Crippen LogP contribution < -0.4 is 10.6 Å². The molecule has 0 aromatic heterocycles. The van der Waals surface area contributed by atoms with Crippen molar-refractivity contribution in [3.8, 4) is 0 Å². The SMILES string of the molecule is CCCCc1ccc(CC(=O)NCC2CCCNC2)cc1. The van der Waals surface area contributed by atoms with Gasteiger partial charge in [0.2, 0.25) is 5.91 Å². The smallest absolute Gasteiger partial charge is 0.224 e. The zero-order valence-electron chi connectivity index (χ0n) is 13.2. The summed E-state index contributed by atoms with van der Waals surface area (Å²) in [5, 5.41) is 6.45. The fourth-order valence-corrected chi connectivity index (χ4v) is 2.81. The summed E-state index contributed by atoms with van der Waals surface area (Å²) in [4.78, 5) is 12.0. The fraction of sp³-hybridized carbons (Fsp3) is 0.611. The molecule has 0 saturated carbocycles. The van der Waals surface area contributed by atoms with Gasteiger partial charge in [0.15, 0.2) is 0 Å². The van der Waals surface area contributed by atoms with Crippen LogP contribution in [0.4, 0.5) is 0 Å². The number of carbonyl (C=O) groups excluding carboxylic acids is 1. The molecule has 0 radical (unpaired) electrons. The molecule has 1 unspecified atom stereocenters. The lowest BCUT2D eigenvalue weighted by molar-refractivity contribution is -0.120. The van der Waals surface area contributed by atoms with Crippen LogP contribution in [-0.2, 0) is 17.6 Å². The molecule has 1 heterocycles. The highest BCUT2D eigenvalue weighted by atomic mass is 16.1. The average Bonchev–Trinajstić information content (AvgIpc) is 2.53. The molecule has 1 aliphatic rings. The fourth-order valence-electron chi connectivity index (χ4n) is 2.81. The lowest BCUT2D eigenvalue weighted by Crippen LogP contribution is -2.38. The van der Waals surface area contributed by atoms with Gasteiger partial charge < -0.3 is 10.6 Å². The molecule has 0 bridgehead atoms. The maximum Gasteiger partial charge on any atom is 0.224 e. The van der Waals surface area contributed by atoms with Crippen molar-refractivity contribution in [1.82, 2.24) is 10.6 Å². The first-order chi connectivity index (χ1) is 10.3. The van der Waals surface area contributed by atoms with Gasteiger partial charge in [-0.15, -0.1) is 0 Å². The predicted octanol–water partition coefficient (Wildman–Crippen LogP) is 2.69. The van der Waals surface area contributed by atoms with E-state index in [2.05, 4.69) is 41.8 Å². The Balaban J connectivity index is 1.71. The normalized spacial score (nSPS) is 18.4. The van der Waals surface area contributed by atoms with Crippen molar-refractivity contribution in [1.29, 1.82) is 0 Å². The van der Waals surface area contributed by atoms with Gasteiger partial charge >= 0.3 is 0 Å². The molecule has 3 nitrogen and oxygen atoms in total. The van der Waals surface area contributed by atoms with Crippen molar-refractivity contribution in [2.75, 3.05) is 19.6 Å². The third kappa shape index (κ3) is 5.88. The van der Waals surface area contributed by atoms with E-state index in [0.717, 1.165) is 31.6 Å². The Hall–Kier alpha value is -1.35. The molecule has 1 aromatic rings. The molecule has 3 heteroatoms. The first kappa shape index (κ1) is 16.0. The third-order valence-electron chi connectivity index (χ3n) is 4.19. The van der Waals surface area contributed by atoms with Gasteiger partial charge in [-0.1, -0.05) is 37.6 Å². The second kappa shape index (κ2) is 8.83. The maximum absolute atomic E-state index is 12.0. The number of amides is 1. The van der Waals surface area contributed by atoms with E-state index in [1.165, 1.54) is 31.2 Å². The Bertz CT molecular complexity index is 421. The summed E-state index contributed by atoms with van der Waals surface area (Å²) in [6, 6.07) is 8.49. The van der Waals surface area contributed by atoms with Crippen LogP contribution >= 0.6 is 0 Å². The molecule has 2 rings (SSSR count). The lowest BCUT2D eigenvalue weighted by Gasteiger charge is -2.22. The molecule has 21 heavy (non-hydrogen) atoms. The summed E-state index contributed by atoms with van der Waals surface area (Å²) in [5.41, 5.74) is 2.48. The number of carbonyl (C=O) groups is 1. The van der Waals surface area contributed by atoms with Gasteiger partial charge in [0, 0.05) is 6.54 Å². The molecule has 1 fully saturated rings. The van der Waals surface area contributed by atoms with Gasteiger partial charge in [-0.25, -0.2) is 0 Å². The predicted molar refractivity (Wildman–Crippen MR) is 87.4 cm³/mol. The molecule has 1 saturated heterocycles. The summed E-state index contributed by atoms with van der Waals surface area (Å²) in [6.45, 7) is 5.17. The standard InChI is InChI=1S/C18H28N2O/c1-2-3-5-15-7-9-16(10-8-15)12-18(21)20-14-17-6-4-11-19-13-17/h7-10,17,19H,2-6,11-14H2,1H3,(H,20,21). The summed E-state index contributed by atoms with van der Waals surface area (Å²) in [5.74, 6) is 0.737. The molecular formula is C18H28N2O. The lowest BCUT2D eigenvalue weighted by atomic mass is 9.99. The van der Waals surface area contributed by atoms with E-state index < -0.39 is 0 Å². The van der Waals surface area contributed by atoms with Gasteiger partial charge in [0.1, 0.15) is 0 Å². The van der Waals surface area contributed by atoms with E-state index >= 15 is 0 Å². The first-order valence-electron chi connectivity index (χ1n) is 8.33. The molecule has 0 aliphatic carbocycles. The van der Waals surface area contributed by atoms with E-state index in [9.17, 15) is 4.79 Å². The number of unbranched alkanes of at least 4 members (excludes halogenated alkanes) is 1. The molecule has 2 N–H and O–H groups in total. The van der Waals surface area contributed by atoms with Crippen molar-refractivity contribution in [2.45, 2.75) is 45.4 Å². The molecule has 1 aromatic carbocycles. The van der Waals surface area contributed by atoms with E-state index in [1.807, 2.05) is 0 Å². The number of rotatable bonds is 7. The van der Waals surface area contributed by atoms with Crippen LogP contribution in [-0.4, -0.2) is 25.5 Å². The van der Waals surface area contributed by atoms with E-state index in [0.29, 0.717) is 12.3 Å². The van der Waals surface area contributed by atoms with Crippen molar-refractivity contribution >= 4 is 5.91 Å². The number of benzene rings is 1. The number of hydrogen-bond acceptors (Lipinski definition) is 2. The highest BCUT2D eigenvalue weighted by Crippen LogP contribution is 2.10. The Labute approximate surface area is 128 Å². The highest BCUT2D eigenvalue weighted by Gasteiger charge is 2.13. The Morgan fingerprint density at radius 1 is 1.29 bits per heavy atom. The van der Waals surface area contributed by atoms with Gasteiger partial charge in [0.25, 0.3) is 0 Å².